The van der Waals surface area contributed by atoms with Crippen molar-refractivity contribution in [3.63, 3.8) is 0 Å². The number of β-amino-alcohol motifs (C(OH)–C–C–N with tert-alkyl or cyclic N) is 1. The maximum Gasteiger partial charge on any atom is 0.0774 e. The highest BCUT2D eigenvalue weighted by atomic mass is 16.4. The Bertz CT molecular complexity index is 272. The third kappa shape index (κ3) is 2.55. The van der Waals surface area contributed by atoms with Crippen LogP contribution in [0.25, 0.3) is 0 Å². The topological polar surface area (TPSA) is 56.1 Å². The Morgan fingerprint density at radius 1 is 1.44 bits per heavy atom. The molecule has 0 aromatic carbocycles. The maximum atomic E-state index is 10.3. The number of rotatable bonds is 2. The van der Waals surface area contributed by atoms with Gasteiger partial charge < -0.3 is 10.3 Å². The molecule has 1 saturated heterocycles. The van der Waals surface area contributed by atoms with Crippen molar-refractivity contribution < 1.29 is 10.3 Å². The molecule has 4 heteroatoms. The molecule has 92 valence electrons. The molecule has 1 aliphatic carbocycles. The van der Waals surface area contributed by atoms with Crippen LogP contribution in [0.5, 0.6) is 0 Å². The Hall–Kier alpha value is -0.610. The van der Waals surface area contributed by atoms with E-state index in [1.165, 1.54) is 0 Å². The summed E-state index contributed by atoms with van der Waals surface area (Å²) in [6, 6.07) is 0. The fraction of sp³-hybridized carbons (Fsp3) is 0.917. The smallest absolute Gasteiger partial charge is 0.0774 e. The van der Waals surface area contributed by atoms with E-state index in [2.05, 4.69) is 17.0 Å². The van der Waals surface area contributed by atoms with Crippen molar-refractivity contribution in [2.75, 3.05) is 19.6 Å². The van der Waals surface area contributed by atoms with E-state index >= 15 is 0 Å². The molecule has 2 N–H and O–H groups in total. The minimum absolute atomic E-state index is 0.309. The van der Waals surface area contributed by atoms with Gasteiger partial charge in [0.05, 0.1) is 11.3 Å². The van der Waals surface area contributed by atoms with Crippen molar-refractivity contribution in [2.45, 2.75) is 44.6 Å². The molecule has 4 nitrogen and oxygen atoms in total. The third-order valence-corrected chi connectivity index (χ3v) is 3.97. The van der Waals surface area contributed by atoms with Crippen molar-refractivity contribution in [2.24, 2.45) is 11.1 Å². The van der Waals surface area contributed by atoms with Gasteiger partial charge in [-0.2, -0.15) is 0 Å². The van der Waals surface area contributed by atoms with Crippen LogP contribution in [0.3, 0.4) is 0 Å². The van der Waals surface area contributed by atoms with Crippen LogP contribution < -0.4 is 0 Å². The Morgan fingerprint density at radius 2 is 2.12 bits per heavy atom. The molecule has 2 rings (SSSR count). The first kappa shape index (κ1) is 11.9. The highest BCUT2D eigenvalue weighted by Gasteiger charge is 2.34. The minimum atomic E-state index is -0.451. The molecule has 0 amide bonds. The van der Waals surface area contributed by atoms with Crippen molar-refractivity contribution in [3.8, 4) is 0 Å². The van der Waals surface area contributed by atoms with Gasteiger partial charge in [-0.1, -0.05) is 24.9 Å². The van der Waals surface area contributed by atoms with Gasteiger partial charge in [-0.05, 0) is 12.8 Å². The molecule has 0 aromatic heterocycles. The highest BCUT2D eigenvalue weighted by molar-refractivity contribution is 5.86. The number of likely N-dealkylation sites (tertiary alicyclic amines) is 1. The van der Waals surface area contributed by atoms with Gasteiger partial charge in [-0.25, -0.2) is 0 Å². The number of nitrogens with zero attached hydrogens (tertiary/aromatic N) is 2. The highest BCUT2D eigenvalue weighted by Crippen LogP contribution is 2.31. The summed E-state index contributed by atoms with van der Waals surface area (Å²) in [5.74, 6) is 0.309. The lowest BCUT2D eigenvalue weighted by atomic mass is 9.94. The standard InChI is InChI=1S/C12H22N2O2/c1-10-8-14(7-4-11(10)13-16)9-12(15)5-2-3-6-12/h10,15-16H,2-9H2,1H3. The predicted octanol–water partition coefficient (Wildman–Crippen LogP) is 1.46. The lowest BCUT2D eigenvalue weighted by Crippen LogP contribution is -2.47. The molecule has 0 bridgehead atoms. The molecule has 0 radical (unpaired) electrons. The van der Waals surface area contributed by atoms with Gasteiger partial charge >= 0.3 is 0 Å². The molecular formula is C12H22N2O2. The number of hydrogen-bond donors (Lipinski definition) is 2. The molecular weight excluding hydrogens is 204 g/mol. The van der Waals surface area contributed by atoms with E-state index in [-0.39, 0.29) is 0 Å². The largest absolute Gasteiger partial charge is 0.411 e. The summed E-state index contributed by atoms with van der Waals surface area (Å²) in [7, 11) is 0. The van der Waals surface area contributed by atoms with Crippen LogP contribution in [0.1, 0.15) is 39.0 Å². The summed E-state index contributed by atoms with van der Waals surface area (Å²) in [5.41, 5.74) is 0.447. The average Bonchev–Trinajstić information content (AvgIpc) is 2.65. The summed E-state index contributed by atoms with van der Waals surface area (Å²) >= 11 is 0. The van der Waals surface area contributed by atoms with Crippen LogP contribution in [0, 0.1) is 5.92 Å². The number of hydrogen-bond acceptors (Lipinski definition) is 4. The average molecular weight is 226 g/mol. The lowest BCUT2D eigenvalue weighted by molar-refractivity contribution is 0.00607. The van der Waals surface area contributed by atoms with Gasteiger partial charge in [-0.15, -0.1) is 0 Å². The lowest BCUT2D eigenvalue weighted by Gasteiger charge is -2.36. The van der Waals surface area contributed by atoms with Crippen LogP contribution in [0.15, 0.2) is 5.16 Å². The Morgan fingerprint density at radius 3 is 2.69 bits per heavy atom. The Labute approximate surface area is 96.9 Å². The maximum absolute atomic E-state index is 10.3. The second-order valence-corrected chi connectivity index (χ2v) is 5.41. The van der Waals surface area contributed by atoms with Crippen molar-refractivity contribution >= 4 is 5.71 Å². The van der Waals surface area contributed by atoms with Crippen LogP contribution in [0.2, 0.25) is 0 Å². The van der Waals surface area contributed by atoms with Gasteiger partial charge in [0.15, 0.2) is 0 Å². The van der Waals surface area contributed by atoms with Gasteiger partial charge in [0.25, 0.3) is 0 Å². The Kier molecular flexibility index (Phi) is 3.50. The molecule has 0 aromatic rings. The van der Waals surface area contributed by atoms with E-state index in [1.54, 1.807) is 0 Å². The summed E-state index contributed by atoms with van der Waals surface area (Å²) in [4.78, 5) is 2.31. The van der Waals surface area contributed by atoms with E-state index in [4.69, 9.17) is 5.21 Å². The summed E-state index contributed by atoms with van der Waals surface area (Å²) in [5, 5.41) is 22.5. The first-order valence-electron chi connectivity index (χ1n) is 6.28. The van der Waals surface area contributed by atoms with Gasteiger partial charge in [0.2, 0.25) is 0 Å². The van der Waals surface area contributed by atoms with Gasteiger partial charge in [0.1, 0.15) is 0 Å². The van der Waals surface area contributed by atoms with Crippen molar-refractivity contribution in [1.29, 1.82) is 0 Å². The van der Waals surface area contributed by atoms with Crippen molar-refractivity contribution in [1.82, 2.24) is 4.90 Å². The molecule has 0 spiro atoms. The summed E-state index contributed by atoms with van der Waals surface area (Å²) < 4.78 is 0. The molecule has 1 atom stereocenters. The number of aliphatic hydroxyl groups is 1. The van der Waals surface area contributed by atoms with E-state index in [1.807, 2.05) is 0 Å². The summed E-state index contributed by atoms with van der Waals surface area (Å²) in [6.45, 7) is 4.68. The quantitative estimate of drug-likeness (QED) is 0.553. The van der Waals surface area contributed by atoms with E-state index in [9.17, 15) is 5.11 Å². The fourth-order valence-electron chi connectivity index (χ4n) is 3.00. The first-order chi connectivity index (χ1) is 7.63. The van der Waals surface area contributed by atoms with E-state index in [0.717, 1.165) is 57.5 Å². The second-order valence-electron chi connectivity index (χ2n) is 5.41. The predicted molar refractivity (Wildman–Crippen MR) is 62.9 cm³/mol. The van der Waals surface area contributed by atoms with E-state index < -0.39 is 5.60 Å². The van der Waals surface area contributed by atoms with Gasteiger partial charge in [-0.3, -0.25) is 4.90 Å². The number of piperidine rings is 1. The fourth-order valence-corrected chi connectivity index (χ4v) is 3.00. The molecule has 1 heterocycles. The van der Waals surface area contributed by atoms with Crippen LogP contribution in [0.4, 0.5) is 0 Å². The third-order valence-electron chi connectivity index (χ3n) is 3.97. The molecule has 1 aliphatic heterocycles. The molecule has 1 unspecified atom stereocenters. The SMILES string of the molecule is CC1CN(CC2(O)CCCC2)CCC1=NO. The van der Waals surface area contributed by atoms with Crippen LogP contribution >= 0.6 is 0 Å². The molecule has 2 fully saturated rings. The zero-order valence-corrected chi connectivity index (χ0v) is 10.0. The van der Waals surface area contributed by atoms with Crippen molar-refractivity contribution in [3.05, 3.63) is 0 Å². The Balaban J connectivity index is 1.88. The molecule has 2 aliphatic rings. The van der Waals surface area contributed by atoms with Crippen LogP contribution in [-0.2, 0) is 0 Å². The summed E-state index contributed by atoms with van der Waals surface area (Å²) in [6.07, 6.45) is 5.03. The number of oxime groups is 1. The van der Waals surface area contributed by atoms with E-state index in [0.29, 0.717) is 5.92 Å². The first-order valence-corrected chi connectivity index (χ1v) is 6.28. The molecule has 1 saturated carbocycles. The van der Waals surface area contributed by atoms with Crippen LogP contribution in [-0.4, -0.2) is 46.2 Å². The van der Waals surface area contributed by atoms with Gasteiger partial charge in [0, 0.05) is 32.0 Å². The monoisotopic (exact) mass is 226 g/mol. The normalized spacial score (nSPS) is 33.4. The zero-order valence-electron chi connectivity index (χ0n) is 10.0. The molecule has 16 heavy (non-hydrogen) atoms. The second kappa shape index (κ2) is 4.72. The minimum Gasteiger partial charge on any atom is -0.411 e. The zero-order chi connectivity index (χ0) is 11.6.